The summed E-state index contributed by atoms with van der Waals surface area (Å²) in [5, 5.41) is 8.88. The Labute approximate surface area is 137 Å². The molecule has 21 heavy (non-hydrogen) atoms. The fraction of sp³-hybridized carbons (Fsp3) is 0.231. The topological polar surface area (TPSA) is 60.2 Å². The highest BCUT2D eigenvalue weighted by atomic mass is 79.9. The minimum absolute atomic E-state index is 0.0881. The largest absolute Gasteiger partial charge is 0.292 e. The second-order valence-corrected chi connectivity index (χ2v) is 7.88. The van der Waals surface area contributed by atoms with Gasteiger partial charge in [-0.1, -0.05) is 11.8 Å². The van der Waals surface area contributed by atoms with Gasteiger partial charge in [0.25, 0.3) is 5.78 Å². The number of hydrogen-bond donors (Lipinski definition) is 0. The molecule has 3 aromatic rings. The first-order valence-electron chi connectivity index (χ1n) is 6.15. The van der Waals surface area contributed by atoms with E-state index in [1.54, 1.807) is 0 Å². The summed E-state index contributed by atoms with van der Waals surface area (Å²) in [7, 11) is 0. The fourth-order valence-electron chi connectivity index (χ4n) is 1.96. The highest BCUT2D eigenvalue weighted by molar-refractivity contribution is 9.11. The molecule has 0 saturated carbocycles. The van der Waals surface area contributed by atoms with Crippen LogP contribution in [0.2, 0.25) is 0 Å². The second kappa shape index (κ2) is 5.86. The van der Waals surface area contributed by atoms with E-state index in [0.717, 1.165) is 20.1 Å². The number of ketones is 1. The molecule has 3 heterocycles. The quantitative estimate of drug-likeness (QED) is 0.510. The summed E-state index contributed by atoms with van der Waals surface area (Å²) in [6.07, 6.45) is 0. The van der Waals surface area contributed by atoms with E-state index in [9.17, 15) is 4.79 Å². The first kappa shape index (κ1) is 14.7. The number of Topliss-reactive ketones (excluding diaryl/α,β-unsaturated/α-hetero) is 1. The van der Waals surface area contributed by atoms with E-state index >= 15 is 0 Å². The van der Waals surface area contributed by atoms with Crippen LogP contribution >= 0.6 is 39.0 Å². The van der Waals surface area contributed by atoms with Crippen molar-refractivity contribution in [3.8, 4) is 0 Å². The molecule has 108 valence electrons. The van der Waals surface area contributed by atoms with Crippen LogP contribution in [0.25, 0.3) is 5.78 Å². The molecule has 0 unspecified atom stereocenters. The average molecular weight is 383 g/mol. The number of thiophene rings is 1. The molecule has 0 aliphatic carbocycles. The number of fused-ring (bicyclic) bond motifs is 1. The van der Waals surface area contributed by atoms with Gasteiger partial charge in [0.05, 0.1) is 14.4 Å². The number of aromatic nitrogens is 4. The van der Waals surface area contributed by atoms with Crippen LogP contribution in [-0.4, -0.2) is 31.1 Å². The lowest BCUT2D eigenvalue weighted by Crippen LogP contribution is -2.02. The maximum absolute atomic E-state index is 12.1. The normalized spacial score (nSPS) is 11.2. The van der Waals surface area contributed by atoms with Crippen molar-refractivity contribution >= 4 is 50.6 Å². The summed E-state index contributed by atoms with van der Waals surface area (Å²) < 4.78 is 2.83. The molecule has 0 saturated heterocycles. The van der Waals surface area contributed by atoms with E-state index in [1.165, 1.54) is 23.1 Å². The molecule has 0 amide bonds. The zero-order valence-corrected chi connectivity index (χ0v) is 14.5. The van der Waals surface area contributed by atoms with Crippen molar-refractivity contribution in [2.45, 2.75) is 19.0 Å². The van der Waals surface area contributed by atoms with Gasteiger partial charge >= 0.3 is 0 Å². The Bertz CT molecular complexity index is 827. The van der Waals surface area contributed by atoms with Crippen molar-refractivity contribution in [3.63, 3.8) is 0 Å². The first-order valence-corrected chi connectivity index (χ1v) is 8.75. The maximum Gasteiger partial charge on any atom is 0.256 e. The van der Waals surface area contributed by atoms with Crippen LogP contribution in [-0.2, 0) is 0 Å². The van der Waals surface area contributed by atoms with Crippen molar-refractivity contribution in [1.29, 1.82) is 0 Å². The highest BCUT2D eigenvalue weighted by Gasteiger charge is 2.14. The number of nitrogens with zero attached hydrogens (tertiary/aromatic N) is 4. The molecule has 8 heteroatoms. The minimum atomic E-state index is 0.0881. The highest BCUT2D eigenvalue weighted by Crippen LogP contribution is 2.25. The van der Waals surface area contributed by atoms with Gasteiger partial charge < -0.3 is 0 Å². The van der Waals surface area contributed by atoms with Crippen molar-refractivity contribution < 1.29 is 4.79 Å². The van der Waals surface area contributed by atoms with E-state index in [-0.39, 0.29) is 5.78 Å². The third-order valence-electron chi connectivity index (χ3n) is 2.84. The Kier molecular flexibility index (Phi) is 4.10. The van der Waals surface area contributed by atoms with Crippen LogP contribution in [0, 0.1) is 13.8 Å². The van der Waals surface area contributed by atoms with Crippen molar-refractivity contribution in [1.82, 2.24) is 19.6 Å². The molecule has 0 aromatic carbocycles. The Morgan fingerprint density at radius 2 is 2.19 bits per heavy atom. The van der Waals surface area contributed by atoms with Crippen LogP contribution in [0.5, 0.6) is 0 Å². The predicted molar refractivity (Wildman–Crippen MR) is 87.3 cm³/mol. The molecule has 0 aliphatic rings. The number of aryl methyl sites for hydroxylation is 2. The molecular weight excluding hydrogens is 372 g/mol. The zero-order valence-electron chi connectivity index (χ0n) is 11.3. The van der Waals surface area contributed by atoms with Gasteiger partial charge in [-0.15, -0.1) is 21.5 Å². The van der Waals surface area contributed by atoms with Gasteiger partial charge in [0.1, 0.15) is 0 Å². The summed E-state index contributed by atoms with van der Waals surface area (Å²) in [6, 6.07) is 5.68. The smallest absolute Gasteiger partial charge is 0.256 e. The van der Waals surface area contributed by atoms with Crippen molar-refractivity contribution in [3.05, 3.63) is 38.3 Å². The predicted octanol–water partition coefficient (Wildman–Crippen LogP) is 3.54. The Hall–Kier alpha value is -1.25. The van der Waals surface area contributed by atoms with Gasteiger partial charge in [-0.2, -0.15) is 0 Å². The number of hydrogen-bond acceptors (Lipinski definition) is 6. The van der Waals surface area contributed by atoms with Crippen LogP contribution in [0.4, 0.5) is 0 Å². The van der Waals surface area contributed by atoms with E-state index in [2.05, 4.69) is 31.1 Å². The molecule has 0 radical (unpaired) electrons. The average Bonchev–Trinajstić information content (AvgIpc) is 3.02. The van der Waals surface area contributed by atoms with Crippen molar-refractivity contribution in [2.24, 2.45) is 0 Å². The number of carbonyl (C=O) groups excluding carboxylic acids is 1. The summed E-state index contributed by atoms with van der Waals surface area (Å²) in [6.45, 7) is 3.90. The number of thioether (sulfide) groups is 1. The molecule has 3 rings (SSSR count). The summed E-state index contributed by atoms with van der Waals surface area (Å²) in [5.41, 5.74) is 1.92. The van der Waals surface area contributed by atoms with Gasteiger partial charge in [0.15, 0.2) is 10.9 Å². The van der Waals surface area contributed by atoms with Crippen LogP contribution < -0.4 is 0 Å². The van der Waals surface area contributed by atoms with E-state index in [4.69, 9.17) is 0 Å². The summed E-state index contributed by atoms with van der Waals surface area (Å²) >= 11 is 6.18. The fourth-order valence-corrected chi connectivity index (χ4v) is 4.24. The lowest BCUT2D eigenvalue weighted by molar-refractivity contribution is 0.102. The van der Waals surface area contributed by atoms with E-state index in [0.29, 0.717) is 16.7 Å². The monoisotopic (exact) mass is 382 g/mol. The SMILES string of the molecule is Cc1cc(C)n2c(SCC(=O)c3ccc(Br)s3)nnc2n1. The molecule has 0 fully saturated rings. The first-order chi connectivity index (χ1) is 10.0. The standard InChI is InChI=1S/C13H11BrN4OS2/c1-7-5-8(2)18-12(15-7)16-17-13(18)20-6-9(19)10-3-4-11(14)21-10/h3-5H,6H2,1-2H3. The number of halogens is 1. The minimum Gasteiger partial charge on any atom is -0.292 e. The molecular formula is C13H11BrN4OS2. The Morgan fingerprint density at radius 1 is 1.38 bits per heavy atom. The Morgan fingerprint density at radius 3 is 2.90 bits per heavy atom. The summed E-state index contributed by atoms with van der Waals surface area (Å²) in [5.74, 6) is 0.993. The third-order valence-corrected chi connectivity index (χ3v) is 5.44. The maximum atomic E-state index is 12.1. The zero-order chi connectivity index (χ0) is 15.0. The van der Waals surface area contributed by atoms with Crippen LogP contribution in [0.1, 0.15) is 21.1 Å². The number of rotatable bonds is 4. The van der Waals surface area contributed by atoms with E-state index < -0.39 is 0 Å². The molecule has 3 aromatic heterocycles. The molecule has 0 bridgehead atoms. The molecule has 0 spiro atoms. The third kappa shape index (κ3) is 3.02. The lowest BCUT2D eigenvalue weighted by Gasteiger charge is -2.03. The second-order valence-electron chi connectivity index (χ2n) is 4.47. The molecule has 5 nitrogen and oxygen atoms in total. The van der Waals surface area contributed by atoms with Crippen LogP contribution in [0.3, 0.4) is 0 Å². The van der Waals surface area contributed by atoms with Gasteiger partial charge in [0, 0.05) is 11.4 Å². The molecule has 0 atom stereocenters. The number of carbonyl (C=O) groups is 1. The van der Waals surface area contributed by atoms with Gasteiger partial charge in [-0.05, 0) is 48.0 Å². The summed E-state index contributed by atoms with van der Waals surface area (Å²) in [4.78, 5) is 17.2. The van der Waals surface area contributed by atoms with Gasteiger partial charge in [-0.25, -0.2) is 4.98 Å². The molecule has 0 aliphatic heterocycles. The van der Waals surface area contributed by atoms with Crippen molar-refractivity contribution in [2.75, 3.05) is 5.75 Å². The molecule has 0 N–H and O–H groups in total. The van der Waals surface area contributed by atoms with Gasteiger partial charge in [0.2, 0.25) is 0 Å². The van der Waals surface area contributed by atoms with Gasteiger partial charge in [-0.3, -0.25) is 9.20 Å². The van der Waals surface area contributed by atoms with E-state index in [1.807, 2.05) is 36.4 Å². The lowest BCUT2D eigenvalue weighted by atomic mass is 10.3. The van der Waals surface area contributed by atoms with Crippen LogP contribution in [0.15, 0.2) is 27.1 Å². The Balaban J connectivity index is 1.81.